The predicted molar refractivity (Wildman–Crippen MR) is 75.4 cm³/mol. The Kier molecular flexibility index (Phi) is 5.26. The van der Waals surface area contributed by atoms with Crippen LogP contribution in [0.25, 0.3) is 0 Å². The van der Waals surface area contributed by atoms with E-state index in [1.165, 1.54) is 24.5 Å². The van der Waals surface area contributed by atoms with E-state index in [2.05, 4.69) is 10.6 Å². The van der Waals surface area contributed by atoms with E-state index in [9.17, 15) is 19.1 Å². The molecule has 22 heavy (non-hydrogen) atoms. The van der Waals surface area contributed by atoms with Crippen molar-refractivity contribution in [3.63, 3.8) is 0 Å². The van der Waals surface area contributed by atoms with Crippen LogP contribution in [0, 0.1) is 5.82 Å². The Bertz CT molecular complexity index is 643. The molecule has 1 unspecified atom stereocenters. The standard InChI is InChI=1S/C15H15FN2O4/c16-11-4-1-3-10(7-11)15(21)17-8-14(20)18-12(9-19)13-5-2-6-22-13/h1-7,12,19H,8-9H2,(H,17,21)(H,18,20). The quantitative estimate of drug-likeness (QED) is 0.742. The van der Waals surface area contributed by atoms with Gasteiger partial charge >= 0.3 is 0 Å². The van der Waals surface area contributed by atoms with Gasteiger partial charge in [0.25, 0.3) is 5.91 Å². The number of hydrogen-bond donors (Lipinski definition) is 3. The summed E-state index contributed by atoms with van der Waals surface area (Å²) in [6.07, 6.45) is 1.43. The third-order valence-corrected chi connectivity index (χ3v) is 2.90. The SMILES string of the molecule is O=C(CNC(=O)c1cccc(F)c1)NC(CO)c1ccco1. The second-order valence-corrected chi connectivity index (χ2v) is 4.51. The lowest BCUT2D eigenvalue weighted by Crippen LogP contribution is -2.39. The maximum absolute atomic E-state index is 13.0. The highest BCUT2D eigenvalue weighted by Crippen LogP contribution is 2.12. The maximum Gasteiger partial charge on any atom is 0.251 e. The predicted octanol–water partition coefficient (Wildman–Crippen LogP) is 0.998. The van der Waals surface area contributed by atoms with E-state index in [1.54, 1.807) is 12.1 Å². The first-order valence-electron chi connectivity index (χ1n) is 6.57. The van der Waals surface area contributed by atoms with Crippen LogP contribution >= 0.6 is 0 Å². The second-order valence-electron chi connectivity index (χ2n) is 4.51. The monoisotopic (exact) mass is 306 g/mol. The molecule has 1 aromatic carbocycles. The van der Waals surface area contributed by atoms with E-state index in [4.69, 9.17) is 4.42 Å². The lowest BCUT2D eigenvalue weighted by Gasteiger charge is -2.14. The molecule has 3 N–H and O–H groups in total. The summed E-state index contributed by atoms with van der Waals surface area (Å²) >= 11 is 0. The van der Waals surface area contributed by atoms with Crippen molar-refractivity contribution in [1.82, 2.24) is 10.6 Å². The number of aliphatic hydroxyl groups excluding tert-OH is 1. The first-order chi connectivity index (χ1) is 10.6. The van der Waals surface area contributed by atoms with Gasteiger partial charge in [0.15, 0.2) is 0 Å². The van der Waals surface area contributed by atoms with E-state index in [0.29, 0.717) is 5.76 Å². The molecule has 0 aliphatic heterocycles. The zero-order chi connectivity index (χ0) is 15.9. The van der Waals surface area contributed by atoms with Crippen LogP contribution in [-0.4, -0.2) is 30.1 Å². The highest BCUT2D eigenvalue weighted by atomic mass is 19.1. The molecule has 0 radical (unpaired) electrons. The molecule has 0 saturated heterocycles. The van der Waals surface area contributed by atoms with E-state index in [0.717, 1.165) is 6.07 Å². The average Bonchev–Trinajstić information content (AvgIpc) is 3.04. The number of carbonyl (C=O) groups is 2. The molecule has 0 saturated carbocycles. The molecule has 7 heteroatoms. The molecule has 1 atom stereocenters. The Morgan fingerprint density at radius 2 is 2.09 bits per heavy atom. The Balaban J connectivity index is 1.86. The van der Waals surface area contributed by atoms with E-state index in [1.807, 2.05) is 0 Å². The first kappa shape index (κ1) is 15.7. The Labute approximate surface area is 125 Å². The molecule has 6 nitrogen and oxygen atoms in total. The van der Waals surface area contributed by atoms with Crippen molar-refractivity contribution in [2.75, 3.05) is 13.2 Å². The number of furan rings is 1. The summed E-state index contributed by atoms with van der Waals surface area (Å²) in [5.41, 5.74) is 0.123. The minimum atomic E-state index is -0.687. The molecule has 0 aliphatic carbocycles. The number of benzene rings is 1. The highest BCUT2D eigenvalue weighted by Gasteiger charge is 2.16. The molecular weight excluding hydrogens is 291 g/mol. The molecule has 2 amide bonds. The number of amides is 2. The van der Waals surface area contributed by atoms with E-state index in [-0.39, 0.29) is 18.7 Å². The van der Waals surface area contributed by atoms with Crippen molar-refractivity contribution in [2.24, 2.45) is 0 Å². The van der Waals surface area contributed by atoms with Crippen molar-refractivity contribution in [1.29, 1.82) is 0 Å². The molecule has 0 spiro atoms. The van der Waals surface area contributed by atoms with Gasteiger partial charge in [-0.3, -0.25) is 9.59 Å². The number of rotatable bonds is 6. The molecule has 0 fully saturated rings. The third kappa shape index (κ3) is 4.16. The smallest absolute Gasteiger partial charge is 0.251 e. The number of hydrogen-bond acceptors (Lipinski definition) is 4. The maximum atomic E-state index is 13.0. The fourth-order valence-electron chi connectivity index (χ4n) is 1.83. The van der Waals surface area contributed by atoms with Crippen LogP contribution < -0.4 is 10.6 Å². The number of aliphatic hydroxyl groups is 1. The van der Waals surface area contributed by atoms with Gasteiger partial charge in [-0.05, 0) is 30.3 Å². The number of carbonyl (C=O) groups excluding carboxylic acids is 2. The van der Waals surface area contributed by atoms with Gasteiger partial charge in [0.05, 0.1) is 19.4 Å². The lowest BCUT2D eigenvalue weighted by molar-refractivity contribution is -0.121. The summed E-state index contributed by atoms with van der Waals surface area (Å²) in [6.45, 7) is -0.635. The van der Waals surface area contributed by atoms with Crippen molar-refractivity contribution < 1.29 is 23.5 Å². The Hall–Kier alpha value is -2.67. The molecule has 1 heterocycles. The van der Waals surface area contributed by atoms with Crippen LogP contribution in [0.2, 0.25) is 0 Å². The van der Waals surface area contributed by atoms with Crippen LogP contribution in [-0.2, 0) is 4.79 Å². The zero-order valence-corrected chi connectivity index (χ0v) is 11.6. The molecule has 0 aliphatic rings. The zero-order valence-electron chi connectivity index (χ0n) is 11.6. The van der Waals surface area contributed by atoms with Gasteiger partial charge in [-0.2, -0.15) is 0 Å². The highest BCUT2D eigenvalue weighted by molar-refractivity contribution is 5.96. The van der Waals surface area contributed by atoms with E-state index < -0.39 is 23.7 Å². The van der Waals surface area contributed by atoms with Gasteiger partial charge in [-0.1, -0.05) is 6.07 Å². The molecule has 116 valence electrons. The van der Waals surface area contributed by atoms with Gasteiger partial charge in [-0.25, -0.2) is 4.39 Å². The summed E-state index contributed by atoms with van der Waals surface area (Å²) in [7, 11) is 0. The molecule has 0 bridgehead atoms. The normalized spacial score (nSPS) is 11.7. The fourth-order valence-corrected chi connectivity index (χ4v) is 1.83. The van der Waals surface area contributed by atoms with Crippen molar-refractivity contribution >= 4 is 11.8 Å². The number of halogens is 1. The Morgan fingerprint density at radius 1 is 1.27 bits per heavy atom. The average molecular weight is 306 g/mol. The van der Waals surface area contributed by atoms with Crippen LogP contribution in [0.5, 0.6) is 0 Å². The van der Waals surface area contributed by atoms with Crippen LogP contribution in [0.15, 0.2) is 47.1 Å². The topological polar surface area (TPSA) is 91.6 Å². The number of nitrogens with one attached hydrogen (secondary N) is 2. The summed E-state index contributed by atoms with van der Waals surface area (Å²) < 4.78 is 18.1. The minimum absolute atomic E-state index is 0.123. The summed E-state index contributed by atoms with van der Waals surface area (Å²) in [4.78, 5) is 23.5. The summed E-state index contributed by atoms with van der Waals surface area (Å²) in [6, 6.07) is 7.71. The van der Waals surface area contributed by atoms with Gasteiger partial charge in [0, 0.05) is 5.56 Å². The lowest BCUT2D eigenvalue weighted by atomic mass is 10.2. The van der Waals surface area contributed by atoms with Gasteiger partial charge in [0.2, 0.25) is 5.91 Å². The third-order valence-electron chi connectivity index (χ3n) is 2.90. The van der Waals surface area contributed by atoms with Crippen LogP contribution in [0.1, 0.15) is 22.2 Å². The molecule has 2 aromatic rings. The van der Waals surface area contributed by atoms with Crippen LogP contribution in [0.4, 0.5) is 4.39 Å². The summed E-state index contributed by atoms with van der Waals surface area (Å²) in [5.74, 6) is -1.18. The fraction of sp³-hybridized carbons (Fsp3) is 0.200. The van der Waals surface area contributed by atoms with Crippen molar-refractivity contribution in [2.45, 2.75) is 6.04 Å². The summed E-state index contributed by atoms with van der Waals surface area (Å²) in [5, 5.41) is 14.1. The van der Waals surface area contributed by atoms with Gasteiger partial charge < -0.3 is 20.2 Å². The van der Waals surface area contributed by atoms with Crippen molar-refractivity contribution in [3.05, 3.63) is 59.8 Å². The second kappa shape index (κ2) is 7.37. The first-order valence-corrected chi connectivity index (χ1v) is 6.57. The molecule has 1 aromatic heterocycles. The minimum Gasteiger partial charge on any atom is -0.467 e. The van der Waals surface area contributed by atoms with Gasteiger partial charge in [-0.15, -0.1) is 0 Å². The van der Waals surface area contributed by atoms with Crippen LogP contribution in [0.3, 0.4) is 0 Å². The van der Waals surface area contributed by atoms with E-state index >= 15 is 0 Å². The molecule has 2 rings (SSSR count). The van der Waals surface area contributed by atoms with Gasteiger partial charge in [0.1, 0.15) is 17.6 Å². The Morgan fingerprint density at radius 3 is 2.73 bits per heavy atom. The largest absolute Gasteiger partial charge is 0.467 e. The van der Waals surface area contributed by atoms with Crippen molar-refractivity contribution in [3.8, 4) is 0 Å². The molecular formula is C15H15FN2O4.